The van der Waals surface area contributed by atoms with Crippen molar-refractivity contribution in [1.29, 1.82) is 0 Å². The molecule has 92 valence electrons. The van der Waals surface area contributed by atoms with Crippen LogP contribution in [0.15, 0.2) is 30.3 Å². The van der Waals surface area contributed by atoms with E-state index >= 15 is 0 Å². The van der Waals surface area contributed by atoms with E-state index in [0.29, 0.717) is 17.8 Å². The summed E-state index contributed by atoms with van der Waals surface area (Å²) in [6, 6.07) is 10.6. The molecule has 2 nitrogen and oxygen atoms in total. The van der Waals surface area contributed by atoms with Crippen molar-refractivity contribution in [2.45, 2.75) is 31.3 Å². The molecule has 0 radical (unpaired) electrons. The second-order valence-electron chi connectivity index (χ2n) is 5.49. The van der Waals surface area contributed by atoms with E-state index in [2.05, 4.69) is 35.6 Å². The van der Waals surface area contributed by atoms with Crippen molar-refractivity contribution >= 4 is 0 Å². The summed E-state index contributed by atoms with van der Waals surface area (Å²) in [7, 11) is 0. The van der Waals surface area contributed by atoms with Gasteiger partial charge in [0, 0.05) is 0 Å². The van der Waals surface area contributed by atoms with E-state index in [-0.39, 0.29) is 6.10 Å². The van der Waals surface area contributed by atoms with E-state index < -0.39 is 0 Å². The van der Waals surface area contributed by atoms with Crippen LogP contribution in [0.3, 0.4) is 0 Å². The maximum absolute atomic E-state index is 10.4. The van der Waals surface area contributed by atoms with E-state index in [0.717, 1.165) is 25.9 Å². The molecular formula is C15H21NO. The summed E-state index contributed by atoms with van der Waals surface area (Å²) < 4.78 is 0. The monoisotopic (exact) mass is 231 g/mol. The van der Waals surface area contributed by atoms with Crippen LogP contribution < -0.4 is 5.32 Å². The van der Waals surface area contributed by atoms with Crippen LogP contribution in [-0.4, -0.2) is 24.3 Å². The highest BCUT2D eigenvalue weighted by atomic mass is 16.3. The molecule has 2 aliphatic rings. The summed E-state index contributed by atoms with van der Waals surface area (Å²) in [5, 5.41) is 13.8. The maximum atomic E-state index is 10.4. The van der Waals surface area contributed by atoms with Gasteiger partial charge in [-0.1, -0.05) is 30.3 Å². The molecular weight excluding hydrogens is 210 g/mol. The summed E-state index contributed by atoms with van der Waals surface area (Å²) >= 11 is 0. The second kappa shape index (κ2) is 4.79. The summed E-state index contributed by atoms with van der Waals surface area (Å²) in [6.07, 6.45) is 3.37. The first-order chi connectivity index (χ1) is 8.36. The predicted octanol–water partition coefficient (Wildman–Crippen LogP) is 2.15. The zero-order chi connectivity index (χ0) is 11.7. The van der Waals surface area contributed by atoms with Gasteiger partial charge in [-0.2, -0.15) is 0 Å². The first-order valence-electron chi connectivity index (χ1n) is 6.80. The Kier molecular flexibility index (Phi) is 3.17. The first kappa shape index (κ1) is 11.2. The summed E-state index contributed by atoms with van der Waals surface area (Å²) in [5.74, 6) is 1.65. The number of aliphatic hydroxyl groups excluding tert-OH is 1. The van der Waals surface area contributed by atoms with E-state index in [9.17, 15) is 5.11 Å². The minimum absolute atomic E-state index is 0.0812. The van der Waals surface area contributed by atoms with Gasteiger partial charge < -0.3 is 10.4 Å². The van der Waals surface area contributed by atoms with Gasteiger partial charge in [0.2, 0.25) is 0 Å². The Hall–Kier alpha value is -0.860. The SMILES string of the molecule is OC(C1CCNCC1)C1CC1c1ccccc1. The summed E-state index contributed by atoms with van der Waals surface area (Å²) in [6.45, 7) is 2.15. The van der Waals surface area contributed by atoms with Crippen LogP contribution in [0.1, 0.15) is 30.7 Å². The van der Waals surface area contributed by atoms with Gasteiger partial charge in [0.25, 0.3) is 0 Å². The van der Waals surface area contributed by atoms with Crippen molar-refractivity contribution in [2.24, 2.45) is 11.8 Å². The highest BCUT2D eigenvalue weighted by Crippen LogP contribution is 2.51. The lowest BCUT2D eigenvalue weighted by Crippen LogP contribution is -2.35. The molecule has 3 unspecified atom stereocenters. The highest BCUT2D eigenvalue weighted by Gasteiger charge is 2.45. The van der Waals surface area contributed by atoms with E-state index in [1.807, 2.05) is 0 Å². The number of hydrogen-bond acceptors (Lipinski definition) is 2. The van der Waals surface area contributed by atoms with Gasteiger partial charge in [-0.3, -0.25) is 0 Å². The molecule has 0 amide bonds. The molecule has 0 bridgehead atoms. The van der Waals surface area contributed by atoms with Crippen molar-refractivity contribution in [3.8, 4) is 0 Å². The molecule has 1 saturated carbocycles. The fourth-order valence-corrected chi connectivity index (χ4v) is 3.21. The average molecular weight is 231 g/mol. The molecule has 0 spiro atoms. The Balaban J connectivity index is 1.60. The Morgan fingerprint density at radius 1 is 1.12 bits per heavy atom. The average Bonchev–Trinajstić information content (AvgIpc) is 3.20. The van der Waals surface area contributed by atoms with E-state index in [1.165, 1.54) is 12.0 Å². The number of hydrogen-bond donors (Lipinski definition) is 2. The Morgan fingerprint density at radius 2 is 1.82 bits per heavy atom. The maximum Gasteiger partial charge on any atom is 0.0603 e. The lowest BCUT2D eigenvalue weighted by molar-refractivity contribution is 0.0678. The molecule has 1 aliphatic carbocycles. The fourth-order valence-electron chi connectivity index (χ4n) is 3.21. The van der Waals surface area contributed by atoms with Crippen LogP contribution in [0, 0.1) is 11.8 Å². The molecule has 1 aromatic carbocycles. The quantitative estimate of drug-likeness (QED) is 0.835. The Labute approximate surface area is 103 Å². The number of nitrogens with one attached hydrogen (secondary N) is 1. The number of piperidine rings is 1. The van der Waals surface area contributed by atoms with Crippen LogP contribution >= 0.6 is 0 Å². The minimum Gasteiger partial charge on any atom is -0.393 e. The highest BCUT2D eigenvalue weighted by molar-refractivity contribution is 5.26. The van der Waals surface area contributed by atoms with Crippen LogP contribution in [0.4, 0.5) is 0 Å². The van der Waals surface area contributed by atoms with Crippen LogP contribution in [-0.2, 0) is 0 Å². The molecule has 3 rings (SSSR count). The van der Waals surface area contributed by atoms with Crippen molar-refractivity contribution < 1.29 is 5.11 Å². The zero-order valence-corrected chi connectivity index (χ0v) is 10.2. The molecule has 1 saturated heterocycles. The normalized spacial score (nSPS) is 31.1. The van der Waals surface area contributed by atoms with Gasteiger partial charge in [0.05, 0.1) is 6.10 Å². The van der Waals surface area contributed by atoms with Gasteiger partial charge >= 0.3 is 0 Å². The van der Waals surface area contributed by atoms with Crippen molar-refractivity contribution in [1.82, 2.24) is 5.32 Å². The molecule has 2 N–H and O–H groups in total. The number of aliphatic hydroxyl groups is 1. The minimum atomic E-state index is -0.0812. The number of rotatable bonds is 3. The molecule has 1 aliphatic heterocycles. The fraction of sp³-hybridized carbons (Fsp3) is 0.600. The molecule has 0 aromatic heterocycles. The Bertz CT molecular complexity index is 358. The van der Waals surface area contributed by atoms with Crippen molar-refractivity contribution in [2.75, 3.05) is 13.1 Å². The zero-order valence-electron chi connectivity index (χ0n) is 10.2. The van der Waals surface area contributed by atoms with E-state index in [1.54, 1.807) is 0 Å². The Morgan fingerprint density at radius 3 is 2.53 bits per heavy atom. The first-order valence-corrected chi connectivity index (χ1v) is 6.80. The van der Waals surface area contributed by atoms with Gasteiger partial charge in [-0.15, -0.1) is 0 Å². The lowest BCUT2D eigenvalue weighted by Gasteiger charge is -2.27. The second-order valence-corrected chi connectivity index (χ2v) is 5.49. The lowest BCUT2D eigenvalue weighted by atomic mass is 9.88. The topological polar surface area (TPSA) is 32.3 Å². The standard InChI is InChI=1S/C15H21NO/c17-15(12-6-8-16-9-7-12)14-10-13(14)11-4-2-1-3-5-11/h1-5,12-17H,6-10H2. The number of benzene rings is 1. The van der Waals surface area contributed by atoms with Crippen LogP contribution in [0.2, 0.25) is 0 Å². The third-order valence-corrected chi connectivity index (χ3v) is 4.37. The molecule has 1 heterocycles. The summed E-state index contributed by atoms with van der Waals surface area (Å²) in [5.41, 5.74) is 1.41. The smallest absolute Gasteiger partial charge is 0.0603 e. The third kappa shape index (κ3) is 2.38. The summed E-state index contributed by atoms with van der Waals surface area (Å²) in [4.78, 5) is 0. The molecule has 1 aromatic rings. The van der Waals surface area contributed by atoms with Gasteiger partial charge in [0.1, 0.15) is 0 Å². The largest absolute Gasteiger partial charge is 0.393 e. The van der Waals surface area contributed by atoms with Gasteiger partial charge in [0.15, 0.2) is 0 Å². The van der Waals surface area contributed by atoms with Gasteiger partial charge in [-0.05, 0) is 55.7 Å². The molecule has 2 heteroatoms. The van der Waals surface area contributed by atoms with E-state index in [4.69, 9.17) is 0 Å². The molecule has 3 atom stereocenters. The van der Waals surface area contributed by atoms with Crippen LogP contribution in [0.25, 0.3) is 0 Å². The van der Waals surface area contributed by atoms with Crippen molar-refractivity contribution in [3.63, 3.8) is 0 Å². The van der Waals surface area contributed by atoms with Crippen LogP contribution in [0.5, 0.6) is 0 Å². The van der Waals surface area contributed by atoms with Crippen molar-refractivity contribution in [3.05, 3.63) is 35.9 Å². The molecule has 2 fully saturated rings. The van der Waals surface area contributed by atoms with Gasteiger partial charge in [-0.25, -0.2) is 0 Å². The predicted molar refractivity (Wildman–Crippen MR) is 68.9 cm³/mol. The third-order valence-electron chi connectivity index (χ3n) is 4.37. The molecule has 17 heavy (non-hydrogen) atoms.